The molecule has 1 amide bonds. The van der Waals surface area contributed by atoms with Crippen molar-refractivity contribution in [3.05, 3.63) is 59.9 Å². The van der Waals surface area contributed by atoms with Gasteiger partial charge in [-0.1, -0.05) is 18.2 Å². The van der Waals surface area contributed by atoms with Gasteiger partial charge < -0.3 is 9.64 Å². The Kier molecular flexibility index (Phi) is 5.43. The summed E-state index contributed by atoms with van der Waals surface area (Å²) in [4.78, 5) is 20.9. The second kappa shape index (κ2) is 7.93. The van der Waals surface area contributed by atoms with E-state index in [1.54, 1.807) is 13.3 Å². The summed E-state index contributed by atoms with van der Waals surface area (Å²) in [5.74, 6) is 1.07. The summed E-state index contributed by atoms with van der Waals surface area (Å²) >= 11 is 0. The molecule has 1 saturated heterocycles. The first-order valence-corrected chi connectivity index (χ1v) is 8.27. The third kappa shape index (κ3) is 4.32. The van der Waals surface area contributed by atoms with E-state index < -0.39 is 0 Å². The van der Waals surface area contributed by atoms with Gasteiger partial charge in [0.15, 0.2) is 0 Å². The zero-order chi connectivity index (χ0) is 16.8. The maximum absolute atomic E-state index is 12.4. The topological polar surface area (TPSA) is 45.7 Å². The molecule has 0 saturated carbocycles. The highest BCUT2D eigenvalue weighted by Gasteiger charge is 2.21. The zero-order valence-corrected chi connectivity index (χ0v) is 14.0. The van der Waals surface area contributed by atoms with Crippen molar-refractivity contribution in [2.24, 2.45) is 0 Å². The summed E-state index contributed by atoms with van der Waals surface area (Å²) in [6, 6.07) is 13.9. The molecule has 0 spiro atoms. The lowest BCUT2D eigenvalue weighted by atomic mass is 10.2. The van der Waals surface area contributed by atoms with E-state index >= 15 is 0 Å². The first kappa shape index (κ1) is 16.5. The summed E-state index contributed by atoms with van der Waals surface area (Å²) in [6.07, 6.45) is 2.32. The number of carbonyl (C=O) groups excluding carboxylic acids is 1. The largest absolute Gasteiger partial charge is 0.497 e. The van der Waals surface area contributed by atoms with Crippen molar-refractivity contribution in [2.75, 3.05) is 26.7 Å². The monoisotopic (exact) mass is 325 g/mol. The van der Waals surface area contributed by atoms with E-state index in [0.717, 1.165) is 37.6 Å². The van der Waals surface area contributed by atoms with Gasteiger partial charge >= 0.3 is 0 Å². The Bertz CT molecular complexity index is 675. The molecule has 2 aromatic rings. The Labute approximate surface area is 142 Å². The lowest BCUT2D eigenvalue weighted by molar-refractivity contribution is -0.131. The molecule has 0 atom stereocenters. The molecule has 5 heteroatoms. The molecule has 1 fully saturated rings. The van der Waals surface area contributed by atoms with E-state index in [4.69, 9.17) is 4.74 Å². The van der Waals surface area contributed by atoms with Crippen LogP contribution in [0.15, 0.2) is 48.7 Å². The normalized spacial score (nSPS) is 16.0. The molecule has 0 unspecified atom stereocenters. The molecular weight excluding hydrogens is 302 g/mol. The summed E-state index contributed by atoms with van der Waals surface area (Å²) in [5.41, 5.74) is 2.15. The Morgan fingerprint density at radius 3 is 2.79 bits per heavy atom. The molecule has 126 valence electrons. The minimum atomic E-state index is 0.203. The van der Waals surface area contributed by atoms with Crippen LogP contribution in [0, 0.1) is 0 Å². The van der Waals surface area contributed by atoms with Gasteiger partial charge in [-0.2, -0.15) is 0 Å². The average molecular weight is 325 g/mol. The predicted octanol–water partition coefficient (Wildman–Crippen LogP) is 2.32. The Morgan fingerprint density at radius 1 is 1.08 bits per heavy atom. The quantitative estimate of drug-likeness (QED) is 0.846. The summed E-state index contributed by atoms with van der Waals surface area (Å²) in [5, 5.41) is 0. The summed E-state index contributed by atoms with van der Waals surface area (Å²) < 4.78 is 5.28. The third-order valence-electron chi connectivity index (χ3n) is 4.30. The van der Waals surface area contributed by atoms with Gasteiger partial charge in [0, 0.05) is 38.8 Å². The maximum atomic E-state index is 12.4. The number of benzene rings is 1. The summed E-state index contributed by atoms with van der Waals surface area (Å²) in [7, 11) is 1.68. The van der Waals surface area contributed by atoms with Gasteiger partial charge in [-0.15, -0.1) is 0 Å². The molecular formula is C19H23N3O2. The number of nitrogens with zero attached hydrogens (tertiary/aromatic N) is 3. The molecule has 0 bridgehead atoms. The first-order chi connectivity index (χ1) is 11.7. The molecule has 3 rings (SSSR count). The highest BCUT2D eigenvalue weighted by atomic mass is 16.5. The number of hydrogen-bond acceptors (Lipinski definition) is 4. The van der Waals surface area contributed by atoms with Gasteiger partial charge in [-0.3, -0.25) is 14.7 Å². The van der Waals surface area contributed by atoms with E-state index in [9.17, 15) is 4.79 Å². The average Bonchev–Trinajstić information content (AvgIpc) is 2.79. The standard InChI is InChI=1S/C19H23N3O2/c1-24-18-7-4-5-16(13-18)14-21-10-8-19(23)22(12-11-21)15-17-6-2-3-9-20-17/h2-7,9,13H,8,10-12,14-15H2,1H3. The predicted molar refractivity (Wildman–Crippen MR) is 92.5 cm³/mol. The minimum Gasteiger partial charge on any atom is -0.497 e. The van der Waals surface area contributed by atoms with Crippen LogP contribution in [0.4, 0.5) is 0 Å². The second-order valence-corrected chi connectivity index (χ2v) is 6.01. The van der Waals surface area contributed by atoms with Crippen molar-refractivity contribution in [1.82, 2.24) is 14.8 Å². The summed E-state index contributed by atoms with van der Waals surface area (Å²) in [6.45, 7) is 3.82. The third-order valence-corrected chi connectivity index (χ3v) is 4.30. The lowest BCUT2D eigenvalue weighted by Gasteiger charge is -2.22. The van der Waals surface area contributed by atoms with E-state index in [0.29, 0.717) is 13.0 Å². The number of carbonyl (C=O) groups is 1. The lowest BCUT2D eigenvalue weighted by Crippen LogP contribution is -2.33. The maximum Gasteiger partial charge on any atom is 0.224 e. The van der Waals surface area contributed by atoms with Crippen LogP contribution in [0.1, 0.15) is 17.7 Å². The molecule has 5 nitrogen and oxygen atoms in total. The number of ether oxygens (including phenoxy) is 1. The number of pyridine rings is 1. The van der Waals surface area contributed by atoms with Gasteiger partial charge in [0.25, 0.3) is 0 Å². The smallest absolute Gasteiger partial charge is 0.224 e. The number of amides is 1. The number of methoxy groups -OCH3 is 1. The molecule has 1 aliphatic heterocycles. The Hall–Kier alpha value is -2.40. The number of rotatable bonds is 5. The van der Waals surface area contributed by atoms with Crippen molar-refractivity contribution in [3.63, 3.8) is 0 Å². The van der Waals surface area contributed by atoms with E-state index in [2.05, 4.69) is 22.0 Å². The van der Waals surface area contributed by atoms with Gasteiger partial charge in [-0.05, 0) is 29.8 Å². The van der Waals surface area contributed by atoms with Crippen LogP contribution in [0.3, 0.4) is 0 Å². The van der Waals surface area contributed by atoms with E-state index in [-0.39, 0.29) is 5.91 Å². The highest BCUT2D eigenvalue weighted by Crippen LogP contribution is 2.16. The van der Waals surface area contributed by atoms with Crippen molar-refractivity contribution < 1.29 is 9.53 Å². The molecule has 1 aromatic carbocycles. The number of aromatic nitrogens is 1. The van der Waals surface area contributed by atoms with Gasteiger partial charge in [0.05, 0.1) is 19.3 Å². The van der Waals surface area contributed by atoms with Crippen LogP contribution in [-0.2, 0) is 17.9 Å². The molecule has 24 heavy (non-hydrogen) atoms. The zero-order valence-electron chi connectivity index (χ0n) is 14.0. The van der Waals surface area contributed by atoms with Crippen molar-refractivity contribution in [3.8, 4) is 5.75 Å². The van der Waals surface area contributed by atoms with Crippen LogP contribution >= 0.6 is 0 Å². The van der Waals surface area contributed by atoms with Crippen molar-refractivity contribution in [1.29, 1.82) is 0 Å². The van der Waals surface area contributed by atoms with Gasteiger partial charge in [0.1, 0.15) is 5.75 Å². The fraction of sp³-hybridized carbons (Fsp3) is 0.368. The fourth-order valence-corrected chi connectivity index (χ4v) is 2.95. The molecule has 2 heterocycles. The second-order valence-electron chi connectivity index (χ2n) is 6.01. The van der Waals surface area contributed by atoms with Crippen molar-refractivity contribution in [2.45, 2.75) is 19.5 Å². The first-order valence-electron chi connectivity index (χ1n) is 8.27. The van der Waals surface area contributed by atoms with Crippen LogP contribution in [-0.4, -0.2) is 47.4 Å². The molecule has 1 aliphatic rings. The molecule has 0 N–H and O–H groups in total. The van der Waals surface area contributed by atoms with E-state index in [1.807, 2.05) is 35.2 Å². The molecule has 1 aromatic heterocycles. The van der Waals surface area contributed by atoms with Crippen LogP contribution in [0.2, 0.25) is 0 Å². The Balaban J connectivity index is 1.60. The van der Waals surface area contributed by atoms with E-state index in [1.165, 1.54) is 5.56 Å². The minimum absolute atomic E-state index is 0.203. The van der Waals surface area contributed by atoms with Gasteiger partial charge in [-0.25, -0.2) is 0 Å². The number of hydrogen-bond donors (Lipinski definition) is 0. The highest BCUT2D eigenvalue weighted by molar-refractivity contribution is 5.76. The van der Waals surface area contributed by atoms with Gasteiger partial charge in [0.2, 0.25) is 5.91 Å². The molecule has 0 radical (unpaired) electrons. The van der Waals surface area contributed by atoms with Crippen molar-refractivity contribution >= 4 is 5.91 Å². The van der Waals surface area contributed by atoms with Crippen LogP contribution in [0.5, 0.6) is 5.75 Å². The van der Waals surface area contributed by atoms with Crippen LogP contribution < -0.4 is 4.74 Å². The molecule has 0 aliphatic carbocycles. The SMILES string of the molecule is COc1cccc(CN2CCC(=O)N(Cc3ccccn3)CC2)c1. The fourth-order valence-electron chi connectivity index (χ4n) is 2.95. The van der Waals surface area contributed by atoms with Crippen LogP contribution in [0.25, 0.3) is 0 Å². The Morgan fingerprint density at radius 2 is 2.00 bits per heavy atom.